The van der Waals surface area contributed by atoms with Crippen LogP contribution < -0.4 is 5.32 Å². The molecule has 2 amide bonds. The molecular formula is C13H22N2O4S. The fourth-order valence-corrected chi connectivity index (χ4v) is 3.15. The maximum atomic E-state index is 12.1. The summed E-state index contributed by atoms with van der Waals surface area (Å²) in [7, 11) is 0. The highest BCUT2D eigenvalue weighted by molar-refractivity contribution is 8.00. The quantitative estimate of drug-likeness (QED) is 0.723. The van der Waals surface area contributed by atoms with E-state index in [2.05, 4.69) is 5.32 Å². The summed E-state index contributed by atoms with van der Waals surface area (Å²) in [6, 6.07) is -0.880. The Hall–Kier alpha value is -1.24. The van der Waals surface area contributed by atoms with Crippen molar-refractivity contribution in [3.05, 3.63) is 0 Å². The molecule has 20 heavy (non-hydrogen) atoms. The zero-order valence-corrected chi connectivity index (χ0v) is 12.7. The summed E-state index contributed by atoms with van der Waals surface area (Å²) in [5.41, 5.74) is 0. The number of amides is 2. The highest BCUT2D eigenvalue weighted by Crippen LogP contribution is 2.18. The lowest BCUT2D eigenvalue weighted by Gasteiger charge is -2.20. The van der Waals surface area contributed by atoms with Crippen molar-refractivity contribution in [3.63, 3.8) is 0 Å². The van der Waals surface area contributed by atoms with E-state index >= 15 is 0 Å². The van der Waals surface area contributed by atoms with E-state index in [4.69, 9.17) is 5.11 Å². The van der Waals surface area contributed by atoms with E-state index in [1.165, 1.54) is 18.7 Å². The van der Waals surface area contributed by atoms with E-state index in [1.807, 2.05) is 11.8 Å². The van der Waals surface area contributed by atoms with Crippen LogP contribution in [0.5, 0.6) is 0 Å². The SMILES string of the molecule is CC(=O)NC(CCSC(C)C(=O)N1CCCC1)C(=O)O. The predicted octanol–water partition coefficient (Wildman–Crippen LogP) is 0.710. The molecule has 0 aromatic heterocycles. The number of carboxylic acids is 1. The molecule has 1 heterocycles. The van der Waals surface area contributed by atoms with Gasteiger partial charge >= 0.3 is 5.97 Å². The molecule has 2 atom stereocenters. The second-order valence-electron chi connectivity index (χ2n) is 4.93. The van der Waals surface area contributed by atoms with Crippen molar-refractivity contribution in [3.8, 4) is 0 Å². The molecule has 0 aromatic carbocycles. The van der Waals surface area contributed by atoms with Crippen molar-refractivity contribution in [2.45, 2.75) is 44.4 Å². The van der Waals surface area contributed by atoms with Crippen LogP contribution in [0.1, 0.15) is 33.1 Å². The van der Waals surface area contributed by atoms with Crippen molar-refractivity contribution in [1.29, 1.82) is 0 Å². The fourth-order valence-electron chi connectivity index (χ4n) is 2.13. The van der Waals surface area contributed by atoms with Crippen molar-refractivity contribution >= 4 is 29.5 Å². The van der Waals surface area contributed by atoms with E-state index in [-0.39, 0.29) is 17.1 Å². The molecule has 0 aromatic rings. The first-order valence-electron chi connectivity index (χ1n) is 6.82. The lowest BCUT2D eigenvalue weighted by molar-refractivity contribution is -0.141. The highest BCUT2D eigenvalue weighted by Gasteiger charge is 2.24. The Morgan fingerprint density at radius 3 is 2.40 bits per heavy atom. The average molecular weight is 302 g/mol. The van der Waals surface area contributed by atoms with Crippen LogP contribution in [0.25, 0.3) is 0 Å². The number of hydrogen-bond donors (Lipinski definition) is 2. The average Bonchev–Trinajstić information content (AvgIpc) is 2.89. The number of likely N-dealkylation sites (tertiary alicyclic amines) is 1. The highest BCUT2D eigenvalue weighted by atomic mass is 32.2. The number of thioether (sulfide) groups is 1. The minimum Gasteiger partial charge on any atom is -0.480 e. The molecule has 0 aliphatic carbocycles. The molecule has 1 aliphatic heterocycles. The summed E-state index contributed by atoms with van der Waals surface area (Å²) in [6.07, 6.45) is 2.44. The van der Waals surface area contributed by atoms with Gasteiger partial charge in [0.25, 0.3) is 0 Å². The number of carbonyl (C=O) groups excluding carboxylic acids is 2. The van der Waals surface area contributed by atoms with Crippen LogP contribution in [0.3, 0.4) is 0 Å². The van der Waals surface area contributed by atoms with E-state index < -0.39 is 12.0 Å². The molecule has 1 aliphatic rings. The Kier molecular flexibility index (Phi) is 6.84. The predicted molar refractivity (Wildman–Crippen MR) is 77.6 cm³/mol. The summed E-state index contributed by atoms with van der Waals surface area (Å²) >= 11 is 1.44. The third kappa shape index (κ3) is 5.40. The Bertz CT molecular complexity index is 369. The molecule has 114 valence electrons. The van der Waals surface area contributed by atoms with Gasteiger partial charge in [0, 0.05) is 20.0 Å². The summed E-state index contributed by atoms with van der Waals surface area (Å²) in [4.78, 5) is 35.8. The number of aliphatic carboxylic acids is 1. The lowest BCUT2D eigenvalue weighted by atomic mass is 10.2. The molecule has 0 saturated carbocycles. The third-order valence-corrected chi connectivity index (χ3v) is 4.39. The van der Waals surface area contributed by atoms with Gasteiger partial charge in [-0.05, 0) is 31.9 Å². The molecule has 7 heteroatoms. The Labute approximate surface area is 123 Å². The van der Waals surface area contributed by atoms with Crippen molar-refractivity contribution < 1.29 is 19.5 Å². The van der Waals surface area contributed by atoms with Crippen molar-refractivity contribution in [2.24, 2.45) is 0 Å². The van der Waals surface area contributed by atoms with Crippen LogP contribution in [0.15, 0.2) is 0 Å². The van der Waals surface area contributed by atoms with Crippen LogP contribution in [0.4, 0.5) is 0 Å². The first-order valence-corrected chi connectivity index (χ1v) is 7.87. The number of rotatable bonds is 7. The van der Waals surface area contributed by atoms with E-state index in [0.29, 0.717) is 12.2 Å². The molecule has 0 bridgehead atoms. The van der Waals surface area contributed by atoms with Crippen LogP contribution in [0, 0.1) is 0 Å². The number of carboxylic acid groups (broad SMARTS) is 1. The molecule has 1 fully saturated rings. The topological polar surface area (TPSA) is 86.7 Å². The maximum absolute atomic E-state index is 12.1. The van der Waals surface area contributed by atoms with Gasteiger partial charge in [0.05, 0.1) is 5.25 Å². The van der Waals surface area contributed by atoms with Crippen molar-refractivity contribution in [1.82, 2.24) is 10.2 Å². The second kappa shape index (κ2) is 8.14. The smallest absolute Gasteiger partial charge is 0.326 e. The standard InChI is InChI=1S/C13H22N2O4S/c1-9(12(17)15-6-3-4-7-15)20-8-5-11(13(18)19)14-10(2)16/h9,11H,3-8H2,1-2H3,(H,14,16)(H,18,19). The minimum absolute atomic E-state index is 0.124. The fraction of sp³-hybridized carbons (Fsp3) is 0.769. The Morgan fingerprint density at radius 2 is 1.90 bits per heavy atom. The monoisotopic (exact) mass is 302 g/mol. The van der Waals surface area contributed by atoms with Gasteiger partial charge in [-0.2, -0.15) is 0 Å². The van der Waals surface area contributed by atoms with Gasteiger partial charge in [-0.3, -0.25) is 9.59 Å². The van der Waals surface area contributed by atoms with Gasteiger partial charge in [-0.1, -0.05) is 0 Å². The zero-order valence-electron chi connectivity index (χ0n) is 11.9. The summed E-state index contributed by atoms with van der Waals surface area (Å²) in [6.45, 7) is 4.79. The van der Waals surface area contributed by atoms with Gasteiger partial charge in [0.15, 0.2) is 0 Å². The van der Waals surface area contributed by atoms with Crippen LogP contribution in [0.2, 0.25) is 0 Å². The zero-order chi connectivity index (χ0) is 15.1. The summed E-state index contributed by atoms with van der Waals surface area (Å²) in [5, 5.41) is 11.2. The van der Waals surface area contributed by atoms with Gasteiger partial charge < -0.3 is 15.3 Å². The van der Waals surface area contributed by atoms with Crippen LogP contribution >= 0.6 is 11.8 Å². The molecule has 2 unspecified atom stereocenters. The molecule has 1 saturated heterocycles. The Balaban J connectivity index is 2.32. The van der Waals surface area contributed by atoms with Crippen LogP contribution in [-0.2, 0) is 14.4 Å². The minimum atomic E-state index is -1.04. The summed E-state index contributed by atoms with van der Waals surface area (Å²) < 4.78 is 0. The van der Waals surface area contributed by atoms with Gasteiger partial charge in [-0.15, -0.1) is 11.8 Å². The van der Waals surface area contributed by atoms with Crippen LogP contribution in [-0.4, -0.2) is 57.9 Å². The number of hydrogen-bond acceptors (Lipinski definition) is 4. The number of carbonyl (C=O) groups is 3. The van der Waals surface area contributed by atoms with E-state index in [1.54, 1.807) is 0 Å². The lowest BCUT2D eigenvalue weighted by Crippen LogP contribution is -2.40. The molecule has 1 rings (SSSR count). The molecule has 0 spiro atoms. The molecule has 2 N–H and O–H groups in total. The number of nitrogens with one attached hydrogen (secondary N) is 1. The Morgan fingerprint density at radius 1 is 1.30 bits per heavy atom. The largest absolute Gasteiger partial charge is 0.480 e. The van der Waals surface area contributed by atoms with E-state index in [9.17, 15) is 14.4 Å². The third-order valence-electron chi connectivity index (χ3n) is 3.22. The second-order valence-corrected chi connectivity index (χ2v) is 6.37. The molecule has 6 nitrogen and oxygen atoms in total. The van der Waals surface area contributed by atoms with Gasteiger partial charge in [0.1, 0.15) is 6.04 Å². The maximum Gasteiger partial charge on any atom is 0.326 e. The van der Waals surface area contributed by atoms with Gasteiger partial charge in [0.2, 0.25) is 11.8 Å². The van der Waals surface area contributed by atoms with Gasteiger partial charge in [-0.25, -0.2) is 4.79 Å². The normalized spacial score (nSPS) is 17.6. The molecule has 0 radical (unpaired) electrons. The molecular weight excluding hydrogens is 280 g/mol. The first kappa shape index (κ1) is 16.8. The summed E-state index contributed by atoms with van der Waals surface area (Å²) in [5.74, 6) is -0.750. The van der Waals surface area contributed by atoms with Crippen molar-refractivity contribution in [2.75, 3.05) is 18.8 Å². The first-order chi connectivity index (χ1) is 9.41. The van der Waals surface area contributed by atoms with E-state index in [0.717, 1.165) is 25.9 Å². The number of nitrogens with zero attached hydrogens (tertiary/aromatic N) is 1.